The summed E-state index contributed by atoms with van der Waals surface area (Å²) in [5, 5.41) is 51.2. The molecule has 0 aliphatic carbocycles. The van der Waals surface area contributed by atoms with E-state index in [1.807, 2.05) is 0 Å². The van der Waals surface area contributed by atoms with Crippen molar-refractivity contribution in [3.05, 3.63) is 0 Å². The number of ether oxygens (including phenoxy) is 4. The zero-order chi connectivity index (χ0) is 21.1. The molecule has 5 N–H and O–H groups in total. The molecule has 0 aromatic carbocycles. The second-order valence-corrected chi connectivity index (χ2v) is 7.94. The van der Waals surface area contributed by atoms with Gasteiger partial charge in [0.15, 0.2) is 12.2 Å². The van der Waals surface area contributed by atoms with Crippen LogP contribution < -0.4 is 0 Å². The number of hydrogen-bond donors (Lipinski definition) is 5. The van der Waals surface area contributed by atoms with Crippen molar-refractivity contribution in [3.8, 4) is 0 Å². The monoisotopic (exact) mass is 419 g/mol. The van der Waals surface area contributed by atoms with Crippen LogP contribution in [0.25, 0.3) is 0 Å². The van der Waals surface area contributed by atoms with Gasteiger partial charge < -0.3 is 44.5 Å². The summed E-state index contributed by atoms with van der Waals surface area (Å²) in [5.41, 5.74) is 0. The largest absolute Gasteiger partial charge is 0.450 e. The number of unbranched alkanes of at least 4 members (excludes halogenated alkanes) is 3. The summed E-state index contributed by atoms with van der Waals surface area (Å²) < 4.78 is 22.5. The first-order valence-corrected chi connectivity index (χ1v) is 10.4. The van der Waals surface area contributed by atoms with Gasteiger partial charge in [0.05, 0.1) is 12.7 Å². The van der Waals surface area contributed by atoms with Crippen molar-refractivity contribution in [1.29, 1.82) is 0 Å². The zero-order valence-electron chi connectivity index (χ0n) is 16.8. The number of nitrogens with zero attached hydrogens (tertiary/aromatic N) is 1. The fourth-order valence-electron chi connectivity index (χ4n) is 4.06. The predicted octanol–water partition coefficient (Wildman–Crippen LogP) is -0.955. The minimum absolute atomic E-state index is 0.357. The molecule has 3 aliphatic heterocycles. The molecule has 2 saturated heterocycles. The first kappa shape index (κ1) is 22.8. The third-order valence-electron chi connectivity index (χ3n) is 5.74. The molecule has 0 amide bonds. The molecule has 0 saturated carbocycles. The molecule has 3 heterocycles. The molecule has 0 bridgehead atoms. The molecule has 10 nitrogen and oxygen atoms in total. The summed E-state index contributed by atoms with van der Waals surface area (Å²) in [6.07, 6.45) is -5.84. The lowest BCUT2D eigenvalue weighted by Gasteiger charge is -2.45. The molecule has 0 radical (unpaired) electrons. The summed E-state index contributed by atoms with van der Waals surface area (Å²) in [4.78, 5) is 4.19. The van der Waals surface area contributed by atoms with E-state index < -0.39 is 68.0 Å². The van der Waals surface area contributed by atoms with Crippen molar-refractivity contribution in [3.63, 3.8) is 0 Å². The van der Waals surface area contributed by atoms with Crippen molar-refractivity contribution < 1.29 is 44.5 Å². The van der Waals surface area contributed by atoms with Gasteiger partial charge in [0, 0.05) is 6.92 Å². The average molecular weight is 419 g/mol. The van der Waals surface area contributed by atoms with Crippen molar-refractivity contribution in [2.45, 2.75) is 107 Å². The number of rotatable bonds is 8. The Morgan fingerprint density at radius 1 is 0.931 bits per heavy atom. The van der Waals surface area contributed by atoms with Crippen molar-refractivity contribution in [1.82, 2.24) is 0 Å². The van der Waals surface area contributed by atoms with E-state index in [1.165, 1.54) is 0 Å². The summed E-state index contributed by atoms with van der Waals surface area (Å²) in [6.45, 7) is 3.27. The van der Waals surface area contributed by atoms with Crippen LogP contribution in [0.1, 0.15) is 46.0 Å². The highest BCUT2D eigenvalue weighted by Gasteiger charge is 2.52. The smallest absolute Gasteiger partial charge is 0.227 e. The Hall–Kier alpha value is -0.850. The maximum atomic E-state index is 10.7. The van der Waals surface area contributed by atoms with Crippen LogP contribution >= 0.6 is 0 Å². The molecule has 2 fully saturated rings. The van der Waals surface area contributed by atoms with Crippen LogP contribution in [-0.2, 0) is 18.9 Å². The summed E-state index contributed by atoms with van der Waals surface area (Å²) >= 11 is 0. The number of aliphatic imine (C=N–C) groups is 1. The van der Waals surface area contributed by atoms with Gasteiger partial charge in [-0.3, -0.25) is 0 Å². The number of fused-ring (bicyclic) bond motifs is 1. The first-order chi connectivity index (χ1) is 13.9. The quantitative estimate of drug-likeness (QED) is 0.314. The van der Waals surface area contributed by atoms with Crippen molar-refractivity contribution in [2.24, 2.45) is 4.99 Å². The lowest BCUT2D eigenvalue weighted by Crippen LogP contribution is -2.63. The van der Waals surface area contributed by atoms with Crippen LogP contribution in [0.3, 0.4) is 0 Å². The SMILES string of the molecule is CCCCCCC1O[C@@H](O[C@@H]2C(CO)O[C@@H]3OC(C)=NC3[C@H]2O)C(O)[C@@H](O)[C@H]1O. The van der Waals surface area contributed by atoms with Gasteiger partial charge >= 0.3 is 0 Å². The van der Waals surface area contributed by atoms with Gasteiger partial charge in [-0.1, -0.05) is 32.6 Å². The summed E-state index contributed by atoms with van der Waals surface area (Å²) in [6, 6.07) is -0.733. The summed E-state index contributed by atoms with van der Waals surface area (Å²) in [5.74, 6) is 0.357. The Morgan fingerprint density at radius 3 is 2.38 bits per heavy atom. The maximum absolute atomic E-state index is 10.7. The molecule has 3 rings (SSSR count). The molecule has 10 heteroatoms. The molecule has 0 aromatic heterocycles. The van der Waals surface area contributed by atoms with E-state index in [2.05, 4.69) is 11.9 Å². The first-order valence-electron chi connectivity index (χ1n) is 10.4. The van der Waals surface area contributed by atoms with Crippen LogP contribution in [0.4, 0.5) is 0 Å². The van der Waals surface area contributed by atoms with Crippen molar-refractivity contribution in [2.75, 3.05) is 6.61 Å². The fourth-order valence-corrected chi connectivity index (χ4v) is 4.06. The standard InChI is InChI=1S/C19H33NO9/c1-3-4-5-6-7-10-13(22)15(24)16(25)19(27-10)29-17-11(8-21)28-18-12(14(17)23)20-9(2)26-18/h10-19,21-25H,3-8H2,1-2H3/t10?,11?,12?,13-,14+,15-,16?,17+,18-,19-/m0/s1. The Bertz CT molecular complexity index is 562. The van der Waals surface area contributed by atoms with Crippen LogP contribution in [0.15, 0.2) is 4.99 Å². The number of hydrogen-bond acceptors (Lipinski definition) is 10. The Morgan fingerprint density at radius 2 is 1.69 bits per heavy atom. The van der Waals surface area contributed by atoms with Gasteiger partial charge in [0.2, 0.25) is 6.29 Å². The van der Waals surface area contributed by atoms with E-state index >= 15 is 0 Å². The Kier molecular flexibility index (Phi) is 7.85. The number of aliphatic hydroxyl groups is 5. The number of aliphatic hydroxyl groups excluding tert-OH is 5. The van der Waals surface area contributed by atoms with Gasteiger partial charge in [0.25, 0.3) is 0 Å². The van der Waals surface area contributed by atoms with Gasteiger partial charge in [-0.15, -0.1) is 0 Å². The molecule has 10 atom stereocenters. The van der Waals surface area contributed by atoms with Crippen LogP contribution in [0.5, 0.6) is 0 Å². The van der Waals surface area contributed by atoms with Crippen LogP contribution in [0.2, 0.25) is 0 Å². The lowest BCUT2D eigenvalue weighted by molar-refractivity contribution is -0.339. The van der Waals surface area contributed by atoms with E-state index in [1.54, 1.807) is 6.92 Å². The molecule has 0 aromatic rings. The molecular weight excluding hydrogens is 386 g/mol. The van der Waals surface area contributed by atoms with Gasteiger partial charge in [-0.2, -0.15) is 0 Å². The average Bonchev–Trinajstić information content (AvgIpc) is 3.08. The molecule has 3 aliphatic rings. The topological polar surface area (TPSA) is 150 Å². The minimum Gasteiger partial charge on any atom is -0.450 e. The molecular formula is C19H33NO9. The van der Waals surface area contributed by atoms with Crippen molar-refractivity contribution >= 4 is 5.90 Å². The highest BCUT2D eigenvalue weighted by Crippen LogP contribution is 2.33. The lowest BCUT2D eigenvalue weighted by atomic mass is 9.94. The Balaban J connectivity index is 1.67. The van der Waals surface area contributed by atoms with Gasteiger partial charge in [-0.05, 0) is 6.42 Å². The second kappa shape index (κ2) is 9.97. The molecule has 29 heavy (non-hydrogen) atoms. The highest BCUT2D eigenvalue weighted by atomic mass is 16.7. The van der Waals surface area contributed by atoms with Gasteiger partial charge in [-0.25, -0.2) is 4.99 Å². The molecule has 0 spiro atoms. The van der Waals surface area contributed by atoms with E-state index in [-0.39, 0.29) is 0 Å². The Labute approximate surface area is 170 Å². The van der Waals surface area contributed by atoms with Crippen LogP contribution in [-0.4, -0.2) is 99.4 Å². The van der Waals surface area contributed by atoms with E-state index in [0.717, 1.165) is 25.7 Å². The van der Waals surface area contributed by atoms with E-state index in [4.69, 9.17) is 18.9 Å². The zero-order valence-corrected chi connectivity index (χ0v) is 16.8. The van der Waals surface area contributed by atoms with Crippen LogP contribution in [0, 0.1) is 0 Å². The maximum Gasteiger partial charge on any atom is 0.227 e. The minimum atomic E-state index is -1.52. The third-order valence-corrected chi connectivity index (χ3v) is 5.74. The van der Waals surface area contributed by atoms with Gasteiger partial charge in [0.1, 0.15) is 42.7 Å². The highest BCUT2D eigenvalue weighted by molar-refractivity contribution is 5.75. The second-order valence-electron chi connectivity index (χ2n) is 7.94. The fraction of sp³-hybridized carbons (Fsp3) is 0.947. The molecule has 4 unspecified atom stereocenters. The predicted molar refractivity (Wildman–Crippen MR) is 100 cm³/mol. The van der Waals surface area contributed by atoms with E-state index in [9.17, 15) is 25.5 Å². The summed E-state index contributed by atoms with van der Waals surface area (Å²) in [7, 11) is 0. The normalized spacial score (nSPS) is 44.9. The molecule has 168 valence electrons. The van der Waals surface area contributed by atoms with E-state index in [0.29, 0.717) is 12.3 Å². The third kappa shape index (κ3) is 4.91.